The van der Waals surface area contributed by atoms with Crippen molar-refractivity contribution in [2.45, 2.75) is 79.1 Å². The smallest absolute Gasteiger partial charge is 0.0410 e. The normalized spacial score (nSPS) is 10.9. The topological polar surface area (TPSA) is 27.3 Å². The van der Waals surface area contributed by atoms with Crippen molar-refractivity contribution in [2.75, 3.05) is 43.9 Å². The third-order valence-corrected chi connectivity index (χ3v) is 6.34. The van der Waals surface area contributed by atoms with Gasteiger partial charge in [-0.2, -0.15) is 0 Å². The van der Waals surface area contributed by atoms with Crippen LogP contribution >= 0.6 is 0 Å². The van der Waals surface area contributed by atoms with Gasteiger partial charge < -0.3 is 40.3 Å². The van der Waals surface area contributed by atoms with Crippen LogP contribution in [0.15, 0.2) is 36.4 Å². The minimum atomic E-state index is 0. The molecule has 0 aliphatic carbocycles. The number of anilines is 2. The predicted octanol–water partition coefficient (Wildman–Crippen LogP) is 1.64. The molecule has 1 radical (unpaired) electrons. The molecular formula is C29H47Cl2IrN3-2. The monoisotopic (exact) mass is 700 g/mol. The number of rotatable bonds is 12. The molecule has 0 heterocycles. The van der Waals surface area contributed by atoms with Gasteiger partial charge in [0, 0.05) is 57.7 Å². The van der Waals surface area contributed by atoms with Crippen molar-refractivity contribution in [1.29, 1.82) is 0 Å². The van der Waals surface area contributed by atoms with Crippen molar-refractivity contribution in [2.24, 2.45) is 0 Å². The molecule has 0 atom stereocenters. The minimum absolute atomic E-state index is 0. The van der Waals surface area contributed by atoms with Crippen molar-refractivity contribution >= 4 is 11.4 Å². The molecule has 0 unspecified atom stereocenters. The summed E-state index contributed by atoms with van der Waals surface area (Å²) in [5.74, 6) is 2.09. The van der Waals surface area contributed by atoms with Crippen LogP contribution in [0.1, 0.15) is 101 Å². The number of nitrogens with zero attached hydrogens (tertiary/aromatic N) is 1. The Morgan fingerprint density at radius 1 is 0.571 bits per heavy atom. The number of hydrogen-bond acceptors (Lipinski definition) is 3. The summed E-state index contributed by atoms with van der Waals surface area (Å²) in [6.07, 6.45) is 0. The van der Waals surface area contributed by atoms with Gasteiger partial charge in [0.1, 0.15) is 0 Å². The zero-order valence-electron chi connectivity index (χ0n) is 23.1. The predicted molar refractivity (Wildman–Crippen MR) is 144 cm³/mol. The molecule has 6 heteroatoms. The van der Waals surface area contributed by atoms with E-state index >= 15 is 0 Å². The number of hydrogen-bond donors (Lipinski definition) is 2. The molecule has 3 nitrogen and oxygen atoms in total. The van der Waals surface area contributed by atoms with Crippen molar-refractivity contribution in [3.8, 4) is 0 Å². The summed E-state index contributed by atoms with van der Waals surface area (Å²) in [4.78, 5) is 2.42. The first-order chi connectivity index (χ1) is 15.1. The average Bonchev–Trinajstić information content (AvgIpc) is 2.73. The molecule has 0 aliphatic heterocycles. The van der Waals surface area contributed by atoms with Crippen LogP contribution in [-0.2, 0) is 20.1 Å². The van der Waals surface area contributed by atoms with E-state index in [0.717, 1.165) is 26.2 Å². The van der Waals surface area contributed by atoms with Crippen LogP contribution in [-0.4, -0.2) is 38.1 Å². The van der Waals surface area contributed by atoms with Crippen molar-refractivity contribution in [3.05, 3.63) is 58.7 Å². The minimum Gasteiger partial charge on any atom is -1.00 e. The van der Waals surface area contributed by atoms with Crippen LogP contribution in [0.5, 0.6) is 0 Å². The molecule has 0 aliphatic rings. The summed E-state index contributed by atoms with van der Waals surface area (Å²) in [5.41, 5.74) is 8.38. The second-order valence-corrected chi connectivity index (χ2v) is 10.4. The molecule has 0 spiro atoms. The van der Waals surface area contributed by atoms with Crippen LogP contribution in [0.2, 0.25) is 0 Å². The van der Waals surface area contributed by atoms with Crippen molar-refractivity contribution in [1.82, 2.24) is 4.90 Å². The zero-order chi connectivity index (χ0) is 23.8. The molecule has 203 valence electrons. The van der Waals surface area contributed by atoms with E-state index in [4.69, 9.17) is 0 Å². The Balaban J connectivity index is 0. The summed E-state index contributed by atoms with van der Waals surface area (Å²) in [7, 11) is 2.22. The van der Waals surface area contributed by atoms with Gasteiger partial charge in [0.2, 0.25) is 0 Å². The summed E-state index contributed by atoms with van der Waals surface area (Å²) in [6, 6.07) is 13.5. The molecule has 2 aromatic carbocycles. The van der Waals surface area contributed by atoms with E-state index in [2.05, 4.69) is 114 Å². The van der Waals surface area contributed by atoms with Gasteiger partial charge in [-0.3, -0.25) is 0 Å². The molecule has 2 aromatic rings. The van der Waals surface area contributed by atoms with Crippen molar-refractivity contribution in [3.63, 3.8) is 0 Å². The van der Waals surface area contributed by atoms with Gasteiger partial charge >= 0.3 is 0 Å². The third kappa shape index (κ3) is 10.6. The Hall–Kier alpha value is -0.771. The number of nitrogens with one attached hydrogen (secondary N) is 2. The maximum atomic E-state index is 3.77. The second-order valence-electron chi connectivity index (χ2n) is 10.4. The van der Waals surface area contributed by atoms with Gasteiger partial charge in [0.05, 0.1) is 0 Å². The molecule has 0 aromatic heterocycles. The van der Waals surface area contributed by atoms with E-state index in [1.165, 1.54) is 33.6 Å². The van der Waals surface area contributed by atoms with Gasteiger partial charge in [-0.25, -0.2) is 0 Å². The fourth-order valence-electron chi connectivity index (χ4n) is 4.37. The Bertz CT molecular complexity index is 732. The van der Waals surface area contributed by atoms with E-state index in [1.807, 2.05) is 0 Å². The van der Waals surface area contributed by atoms with Crippen LogP contribution in [0, 0.1) is 0 Å². The van der Waals surface area contributed by atoms with Crippen LogP contribution in [0.25, 0.3) is 0 Å². The molecule has 0 saturated carbocycles. The quantitative estimate of drug-likeness (QED) is 0.353. The standard InChI is InChI=1S/C29H47N3.2ClH.Ir/c1-20(2)24-12-10-13-25(21(3)4)28(24)30-16-18-32(9)19-17-31-29-26(22(5)6)14-11-15-27(29)23(7)8;;;/h10-15,20-23,30-31H,16-19H2,1-9H3;2*1H;/p-2. The summed E-state index contributed by atoms with van der Waals surface area (Å²) >= 11 is 0. The summed E-state index contributed by atoms with van der Waals surface area (Å²) in [5, 5.41) is 7.54. The first-order valence-corrected chi connectivity index (χ1v) is 12.5. The Labute approximate surface area is 241 Å². The molecule has 2 rings (SSSR count). The number of likely N-dealkylation sites (N-methyl/N-ethyl adjacent to an activating group) is 1. The van der Waals surface area contributed by atoms with Crippen LogP contribution in [0.4, 0.5) is 11.4 Å². The van der Waals surface area contributed by atoms with Crippen molar-refractivity contribution < 1.29 is 44.9 Å². The maximum Gasteiger partial charge on any atom is 0.0410 e. The third-order valence-electron chi connectivity index (χ3n) is 6.34. The molecule has 0 fully saturated rings. The second kappa shape index (κ2) is 17.6. The Kier molecular flexibility index (Phi) is 18.3. The average molecular weight is 701 g/mol. The van der Waals surface area contributed by atoms with E-state index in [9.17, 15) is 0 Å². The largest absolute Gasteiger partial charge is 1.00 e. The molecule has 0 amide bonds. The fourth-order valence-corrected chi connectivity index (χ4v) is 4.37. The Morgan fingerprint density at radius 3 is 1.06 bits per heavy atom. The first-order valence-electron chi connectivity index (χ1n) is 12.5. The van der Waals surface area contributed by atoms with Gasteiger partial charge in [0.15, 0.2) is 0 Å². The molecule has 35 heavy (non-hydrogen) atoms. The van der Waals surface area contributed by atoms with Gasteiger partial charge in [-0.05, 0) is 53.0 Å². The Morgan fingerprint density at radius 2 is 0.829 bits per heavy atom. The summed E-state index contributed by atoms with van der Waals surface area (Å²) < 4.78 is 0. The van der Waals surface area contributed by atoms with Gasteiger partial charge in [-0.1, -0.05) is 91.8 Å². The molecule has 0 bridgehead atoms. The zero-order valence-corrected chi connectivity index (χ0v) is 27.0. The molecule has 2 N–H and O–H groups in total. The number of halogens is 2. The van der Waals surface area contributed by atoms with E-state index in [0.29, 0.717) is 23.7 Å². The van der Waals surface area contributed by atoms with Crippen LogP contribution in [0.3, 0.4) is 0 Å². The first kappa shape index (κ1) is 36.4. The van der Waals surface area contributed by atoms with E-state index in [-0.39, 0.29) is 44.9 Å². The number of benzene rings is 2. The van der Waals surface area contributed by atoms with Crippen LogP contribution < -0.4 is 35.4 Å². The summed E-state index contributed by atoms with van der Waals surface area (Å²) in [6.45, 7) is 22.2. The number of para-hydroxylation sites is 2. The van der Waals surface area contributed by atoms with Gasteiger partial charge in [-0.15, -0.1) is 0 Å². The van der Waals surface area contributed by atoms with Gasteiger partial charge in [0.25, 0.3) is 0 Å². The fraction of sp³-hybridized carbons (Fsp3) is 0.586. The molecule has 0 saturated heterocycles. The molecular weight excluding hydrogens is 653 g/mol. The SMILES string of the molecule is CC(C)c1cccc(C(C)C)c1NCCN(C)CCNc1c(C(C)C)cccc1C(C)C.[Cl-].[Cl-].[Ir]. The maximum absolute atomic E-state index is 3.77. The van der Waals surface area contributed by atoms with E-state index < -0.39 is 0 Å². The van der Waals surface area contributed by atoms with E-state index in [1.54, 1.807) is 0 Å².